The summed E-state index contributed by atoms with van der Waals surface area (Å²) in [6.07, 6.45) is 0. The molecular formula is C15H19FN4. The van der Waals surface area contributed by atoms with E-state index in [1.165, 1.54) is 12.1 Å². The summed E-state index contributed by atoms with van der Waals surface area (Å²) in [6.45, 7) is 4.87. The van der Waals surface area contributed by atoms with Crippen LogP contribution in [0.1, 0.15) is 22.4 Å². The normalized spacial score (nSPS) is 10.7. The maximum atomic E-state index is 13.2. The second-order valence-electron chi connectivity index (χ2n) is 4.90. The number of aromatic nitrogens is 2. The van der Waals surface area contributed by atoms with Crippen molar-refractivity contribution in [2.24, 2.45) is 5.73 Å². The van der Waals surface area contributed by atoms with Crippen LogP contribution in [0.2, 0.25) is 0 Å². The van der Waals surface area contributed by atoms with E-state index in [1.807, 2.05) is 31.9 Å². The van der Waals surface area contributed by atoms with Gasteiger partial charge < -0.3 is 10.6 Å². The molecule has 1 heterocycles. The topological polar surface area (TPSA) is 55.0 Å². The molecule has 0 fully saturated rings. The van der Waals surface area contributed by atoms with Gasteiger partial charge in [0.05, 0.1) is 5.69 Å². The van der Waals surface area contributed by atoms with Crippen LogP contribution < -0.4 is 10.6 Å². The minimum absolute atomic E-state index is 0.235. The van der Waals surface area contributed by atoms with Gasteiger partial charge in [-0.25, -0.2) is 4.39 Å². The minimum Gasteiger partial charge on any atom is -0.354 e. The molecule has 0 saturated heterocycles. The maximum Gasteiger partial charge on any atom is 0.156 e. The van der Waals surface area contributed by atoms with Gasteiger partial charge in [-0.15, -0.1) is 5.10 Å². The summed E-state index contributed by atoms with van der Waals surface area (Å²) in [5.74, 6) is 0.515. The van der Waals surface area contributed by atoms with Gasteiger partial charge in [0.25, 0.3) is 0 Å². The lowest BCUT2D eigenvalue weighted by Crippen LogP contribution is -2.22. The zero-order valence-corrected chi connectivity index (χ0v) is 12.0. The third-order valence-electron chi connectivity index (χ3n) is 3.43. The molecule has 0 bridgehead atoms. The van der Waals surface area contributed by atoms with E-state index in [1.54, 1.807) is 6.07 Å². The molecule has 0 aliphatic carbocycles. The molecule has 0 aliphatic heterocycles. The quantitative estimate of drug-likeness (QED) is 0.929. The molecule has 0 radical (unpaired) electrons. The largest absolute Gasteiger partial charge is 0.354 e. The first-order chi connectivity index (χ1) is 9.52. The average molecular weight is 274 g/mol. The molecule has 106 valence electrons. The van der Waals surface area contributed by atoms with Gasteiger partial charge in [0.2, 0.25) is 0 Å². The Hall–Kier alpha value is -2.01. The molecule has 4 nitrogen and oxygen atoms in total. The molecular weight excluding hydrogens is 255 g/mol. The summed E-state index contributed by atoms with van der Waals surface area (Å²) in [5, 5.41) is 8.38. The third-order valence-corrected chi connectivity index (χ3v) is 3.43. The van der Waals surface area contributed by atoms with Gasteiger partial charge in [-0.1, -0.05) is 12.1 Å². The molecule has 0 atom stereocenters. The van der Waals surface area contributed by atoms with E-state index in [2.05, 4.69) is 10.2 Å². The highest BCUT2D eigenvalue weighted by atomic mass is 19.1. The van der Waals surface area contributed by atoms with Crippen LogP contribution in [0.3, 0.4) is 0 Å². The lowest BCUT2D eigenvalue weighted by Gasteiger charge is -2.22. The molecule has 0 unspecified atom stereocenters. The standard InChI is InChI=1S/C15H19FN4/c1-10-11(2)18-19-15(14(10)8-17)20(3)9-12-5-4-6-13(16)7-12/h4-7H,8-9,17H2,1-3H3. The molecule has 2 aromatic rings. The van der Waals surface area contributed by atoms with Crippen molar-refractivity contribution >= 4 is 5.82 Å². The van der Waals surface area contributed by atoms with E-state index < -0.39 is 0 Å². The molecule has 2 N–H and O–H groups in total. The Bertz CT molecular complexity index is 613. The highest BCUT2D eigenvalue weighted by Gasteiger charge is 2.14. The summed E-state index contributed by atoms with van der Waals surface area (Å²) in [6, 6.07) is 6.54. The molecule has 0 saturated carbocycles. The SMILES string of the molecule is Cc1nnc(N(C)Cc2cccc(F)c2)c(CN)c1C. The van der Waals surface area contributed by atoms with Gasteiger partial charge in [-0.3, -0.25) is 0 Å². The van der Waals surface area contributed by atoms with E-state index in [4.69, 9.17) is 5.73 Å². The lowest BCUT2D eigenvalue weighted by molar-refractivity contribution is 0.625. The second-order valence-corrected chi connectivity index (χ2v) is 4.90. The van der Waals surface area contributed by atoms with Crippen LogP contribution in [-0.2, 0) is 13.1 Å². The first-order valence-electron chi connectivity index (χ1n) is 6.51. The minimum atomic E-state index is -0.235. The molecule has 0 spiro atoms. The van der Waals surface area contributed by atoms with Crippen molar-refractivity contribution in [3.05, 3.63) is 52.5 Å². The number of halogens is 1. The number of anilines is 1. The Labute approximate surface area is 118 Å². The molecule has 5 heteroatoms. The number of hydrogen-bond acceptors (Lipinski definition) is 4. The monoisotopic (exact) mass is 274 g/mol. The van der Waals surface area contributed by atoms with Crippen LogP contribution in [-0.4, -0.2) is 17.2 Å². The van der Waals surface area contributed by atoms with E-state index >= 15 is 0 Å². The van der Waals surface area contributed by atoms with Crippen LogP contribution in [0.25, 0.3) is 0 Å². The Kier molecular flexibility index (Phi) is 4.29. The number of nitrogens with two attached hydrogens (primary N) is 1. The van der Waals surface area contributed by atoms with Crippen LogP contribution in [0.15, 0.2) is 24.3 Å². The zero-order valence-electron chi connectivity index (χ0n) is 12.0. The van der Waals surface area contributed by atoms with Crippen molar-refractivity contribution in [3.8, 4) is 0 Å². The van der Waals surface area contributed by atoms with Gasteiger partial charge in [-0.05, 0) is 37.1 Å². The molecule has 0 amide bonds. The lowest BCUT2D eigenvalue weighted by atomic mass is 10.1. The van der Waals surface area contributed by atoms with Crippen molar-refractivity contribution in [1.82, 2.24) is 10.2 Å². The van der Waals surface area contributed by atoms with Gasteiger partial charge in [-0.2, -0.15) is 5.10 Å². The molecule has 0 aliphatic rings. The fourth-order valence-electron chi connectivity index (χ4n) is 2.18. The Morgan fingerprint density at radius 1 is 1.25 bits per heavy atom. The van der Waals surface area contributed by atoms with E-state index in [9.17, 15) is 4.39 Å². The van der Waals surface area contributed by atoms with Crippen molar-refractivity contribution in [1.29, 1.82) is 0 Å². The van der Waals surface area contributed by atoms with Gasteiger partial charge in [0, 0.05) is 25.7 Å². The third kappa shape index (κ3) is 2.93. The Morgan fingerprint density at radius 2 is 2.00 bits per heavy atom. The number of benzene rings is 1. The van der Waals surface area contributed by atoms with Crippen molar-refractivity contribution < 1.29 is 4.39 Å². The number of rotatable bonds is 4. The number of aryl methyl sites for hydroxylation is 1. The van der Waals surface area contributed by atoms with Crippen LogP contribution in [0.5, 0.6) is 0 Å². The van der Waals surface area contributed by atoms with Crippen molar-refractivity contribution in [2.75, 3.05) is 11.9 Å². The van der Waals surface area contributed by atoms with Crippen molar-refractivity contribution in [2.45, 2.75) is 26.9 Å². The molecule has 1 aromatic carbocycles. The fraction of sp³-hybridized carbons (Fsp3) is 0.333. The second kappa shape index (κ2) is 5.96. The first kappa shape index (κ1) is 14.4. The van der Waals surface area contributed by atoms with Gasteiger partial charge in [0.15, 0.2) is 5.82 Å². The molecule has 1 aromatic heterocycles. The fourth-order valence-corrected chi connectivity index (χ4v) is 2.18. The summed E-state index contributed by atoms with van der Waals surface area (Å²) in [4.78, 5) is 1.94. The predicted octanol–water partition coefficient (Wildman–Crippen LogP) is 2.33. The average Bonchev–Trinajstić information content (AvgIpc) is 2.41. The van der Waals surface area contributed by atoms with E-state index in [-0.39, 0.29) is 5.82 Å². The summed E-state index contributed by atoms with van der Waals surface area (Å²) < 4.78 is 13.2. The summed E-state index contributed by atoms with van der Waals surface area (Å²) in [5.41, 5.74) is 9.63. The molecule has 20 heavy (non-hydrogen) atoms. The van der Waals surface area contributed by atoms with E-state index in [0.29, 0.717) is 13.1 Å². The summed E-state index contributed by atoms with van der Waals surface area (Å²) >= 11 is 0. The maximum absolute atomic E-state index is 13.2. The first-order valence-corrected chi connectivity index (χ1v) is 6.51. The highest BCUT2D eigenvalue weighted by Crippen LogP contribution is 2.22. The zero-order chi connectivity index (χ0) is 14.7. The van der Waals surface area contributed by atoms with Crippen LogP contribution in [0.4, 0.5) is 10.2 Å². The van der Waals surface area contributed by atoms with Gasteiger partial charge >= 0.3 is 0 Å². The van der Waals surface area contributed by atoms with Crippen molar-refractivity contribution in [3.63, 3.8) is 0 Å². The smallest absolute Gasteiger partial charge is 0.156 e. The highest BCUT2D eigenvalue weighted by molar-refractivity contribution is 5.50. The predicted molar refractivity (Wildman–Crippen MR) is 77.9 cm³/mol. The number of nitrogens with zero attached hydrogens (tertiary/aromatic N) is 3. The molecule has 2 rings (SSSR count). The summed E-state index contributed by atoms with van der Waals surface area (Å²) in [7, 11) is 1.91. The number of hydrogen-bond donors (Lipinski definition) is 1. The van der Waals surface area contributed by atoms with Crippen LogP contribution in [0, 0.1) is 19.7 Å². The Morgan fingerprint density at radius 3 is 2.65 bits per heavy atom. The van der Waals surface area contributed by atoms with Crippen LogP contribution >= 0.6 is 0 Å². The van der Waals surface area contributed by atoms with Gasteiger partial charge in [0.1, 0.15) is 5.82 Å². The Balaban J connectivity index is 2.29. The van der Waals surface area contributed by atoms with E-state index in [0.717, 1.165) is 28.2 Å².